The van der Waals surface area contributed by atoms with Gasteiger partial charge in [-0.1, -0.05) is 218 Å². The van der Waals surface area contributed by atoms with Crippen LogP contribution >= 0.6 is 58.1 Å². The highest BCUT2D eigenvalue weighted by Crippen LogP contribution is 2.57. The first-order chi connectivity index (χ1) is 72.2. The molecular weight excluding hydrogens is 1890 g/mol. The number of ether oxygens (including phenoxy) is 7. The fraction of sp³-hybridized carbons (Fsp3) is 0.0164. The Labute approximate surface area is 867 Å². The number of anilines is 15. The molecule has 12 aliphatic heterocycles. The Bertz CT molecular complexity index is 8520. The summed E-state index contributed by atoms with van der Waals surface area (Å²) in [5, 5.41) is 0. The number of para-hydroxylation sites is 12. The molecule has 24 heteroatoms. The van der Waals surface area contributed by atoms with Gasteiger partial charge in [-0.2, -0.15) is 58.1 Å². The molecule has 686 valence electrons. The predicted octanol–water partition coefficient (Wildman–Crippen LogP) is 26.0. The normalized spacial score (nSPS) is 14.4. The molecule has 32 rings (SSSR count). The zero-order valence-electron chi connectivity index (χ0n) is 78.5. The van der Waals surface area contributed by atoms with Gasteiger partial charge in [0.15, 0.2) is 5.75 Å². The van der Waals surface area contributed by atoms with Crippen LogP contribution in [0.5, 0.6) is 86.2 Å². The molecule has 0 spiro atoms. The molecule has 0 saturated carbocycles. The van der Waals surface area contributed by atoms with Gasteiger partial charge in [0, 0.05) is 142 Å². The molecule has 0 bridgehead atoms. The number of nitrogens with zero attached hydrogens (tertiary/aromatic N) is 5. The molecule has 0 aliphatic carbocycles. The molecule has 20 aromatic carbocycles. The Kier molecular flexibility index (Phi) is 20.1. The molecule has 0 fully saturated rings. The van der Waals surface area contributed by atoms with Gasteiger partial charge < -0.3 is 62.3 Å². The van der Waals surface area contributed by atoms with E-state index in [1.54, 1.807) is 11.6 Å². The minimum Gasteiger partial charge on any atom is -0.549 e. The lowest BCUT2D eigenvalue weighted by Gasteiger charge is -2.43. The summed E-state index contributed by atoms with van der Waals surface area (Å²) in [6.07, 6.45) is 0. The molecule has 12 heterocycles. The second kappa shape index (κ2) is 34.3. The van der Waals surface area contributed by atoms with Gasteiger partial charge >= 0.3 is 6.92 Å². The third kappa shape index (κ3) is 13.6. The lowest BCUT2D eigenvalue weighted by Crippen LogP contribution is -2.56. The van der Waals surface area contributed by atoms with Crippen molar-refractivity contribution in [1.82, 2.24) is 0 Å². The second-order valence-corrected chi connectivity index (χ2v) is 43.3. The van der Waals surface area contributed by atoms with E-state index in [-0.39, 0.29) is 30.0 Å². The van der Waals surface area contributed by atoms with Crippen LogP contribution in [0, 0.1) is 13.8 Å². The monoisotopic (exact) mass is 1970 g/mol. The fourth-order valence-corrected chi connectivity index (χ4v) is 29.7. The summed E-state index contributed by atoms with van der Waals surface area (Å²) < 4.78 is 53.8. The standard InChI is InChI=1S/C43H28B2N2O2S2.C42H26B2N2O2S2.C37H23B2NO4S/c1-27-42-30(44-40-32(46(42)28-14-4-2-5-15-28)18-12-22-36(40)48-34-20-8-10-24-38(34)50-44)26-31-43(27)47(29-16-6-3-7-17-29)33-19-13-23-37-41(33)45(31)51-39-25-11-9-21-35(39)49-37;1-3-13-27(14-4-1)45-31-17-11-21-37-41(31)43(49-39-23-9-7-19-35(39)47-37)29-25-30-34(26-33(29)45)46(28-15-5-2-6-16-28)32-18-12-22-38-42(32)44(30)50-40-24-10-8-20-36(40)48-38;1-22-36-24(21-25-37(22)43-32-19-10-18-31-35(32)39(25)45-33-20-8-7-16-29(33)42-31)38-34-26(40(36)23-11-3-2-4-12-23)13-9-17-30(34)41-27-14-5-6-15-28(27)44-38/h2-26H,1H3;1-26H;2-21H,1H3. The number of fused-ring (bicyclic) bond motifs is 18. The van der Waals surface area contributed by atoms with Crippen LogP contribution in [0.25, 0.3) is 0 Å². The quantitative estimate of drug-likeness (QED) is 0.153. The van der Waals surface area contributed by atoms with Crippen molar-refractivity contribution in [3.05, 3.63) is 442 Å². The van der Waals surface area contributed by atoms with Gasteiger partial charge in [0.05, 0.1) is 5.69 Å². The molecule has 0 N–H and O–H groups in total. The van der Waals surface area contributed by atoms with Crippen LogP contribution in [0.4, 0.5) is 85.3 Å². The number of hydrogen-bond acceptors (Lipinski definition) is 18. The van der Waals surface area contributed by atoms with E-state index in [2.05, 4.69) is 402 Å². The Morgan fingerprint density at radius 3 is 0.795 bits per heavy atom. The average molecular weight is 1970 g/mol. The van der Waals surface area contributed by atoms with Crippen LogP contribution < -0.4 is 128 Å². The van der Waals surface area contributed by atoms with Crippen molar-refractivity contribution in [3.63, 3.8) is 0 Å². The maximum Gasteiger partial charge on any atom is 0.434 e. The summed E-state index contributed by atoms with van der Waals surface area (Å²) in [6.45, 7) is 4.10. The van der Waals surface area contributed by atoms with Crippen molar-refractivity contribution in [3.8, 4) is 86.2 Å². The van der Waals surface area contributed by atoms with Gasteiger partial charge in [-0.3, -0.25) is 0 Å². The van der Waals surface area contributed by atoms with Gasteiger partial charge in [0.25, 0.3) is 30.0 Å². The number of hydrogen-bond donors (Lipinski definition) is 0. The third-order valence-electron chi connectivity index (χ3n) is 29.3. The summed E-state index contributed by atoms with van der Waals surface area (Å²) in [6, 6.07) is 152. The van der Waals surface area contributed by atoms with E-state index in [1.807, 2.05) is 113 Å². The zero-order chi connectivity index (χ0) is 96.0. The van der Waals surface area contributed by atoms with Crippen molar-refractivity contribution < 1.29 is 37.8 Å². The highest BCUT2D eigenvalue weighted by molar-refractivity contribution is 8.30. The van der Waals surface area contributed by atoms with Gasteiger partial charge in [0.2, 0.25) is 0 Å². The highest BCUT2D eigenvalue weighted by atomic mass is 32.2. The number of rotatable bonds is 5. The van der Waals surface area contributed by atoms with Crippen LogP contribution in [-0.2, 0) is 0 Å². The van der Waals surface area contributed by atoms with Crippen molar-refractivity contribution in [2.45, 2.75) is 38.3 Å². The third-order valence-corrected chi connectivity index (χ3v) is 35.9. The van der Waals surface area contributed by atoms with Gasteiger partial charge in [-0.15, -0.1) is 0 Å². The maximum absolute atomic E-state index is 6.95. The van der Waals surface area contributed by atoms with Crippen molar-refractivity contribution in [2.75, 3.05) is 24.5 Å². The van der Waals surface area contributed by atoms with E-state index in [9.17, 15) is 0 Å². The predicted molar refractivity (Wildman–Crippen MR) is 608 cm³/mol. The molecule has 12 aliphatic rings. The van der Waals surface area contributed by atoms with E-state index >= 15 is 0 Å². The summed E-state index contributed by atoms with van der Waals surface area (Å²) in [7, 11) is 0. The summed E-state index contributed by atoms with van der Waals surface area (Å²) >= 11 is 9.35. The first-order valence-corrected chi connectivity index (χ1v) is 53.5. The van der Waals surface area contributed by atoms with E-state index in [4.69, 9.17) is 37.8 Å². The van der Waals surface area contributed by atoms with Gasteiger partial charge in [-0.25, -0.2) is 0 Å². The SMILES string of the molecule is Cc1c2c(cc3c1N(c1ccccc1)c1cccc4c1B3Oc1ccccc1O4)B1Sc3ccccc3Oc3cccc(c31)O2.Cc1c2c(cc3c1N(c1ccccc1)c1cccc4c1B3Sc1ccccc1O4)B1Sc3ccccc3Oc3cccc(c31)N2c1ccccc1.c1ccc(N2c3cc4c(cc3B3Sc5ccccc5Oc5cccc2c53)B2Sc3ccccc3Oc3cccc(c32)N4c2ccccc2)cc1. The largest absolute Gasteiger partial charge is 0.549 e. The summed E-state index contributed by atoms with van der Waals surface area (Å²) in [5.41, 5.74) is 33.4. The average Bonchev–Trinajstić information content (AvgIpc) is 1.11. The topological polar surface area (TPSA) is 90.0 Å². The molecule has 0 radical (unpaired) electrons. The second-order valence-electron chi connectivity index (χ2n) is 37.6. The highest BCUT2D eigenvalue weighted by Gasteiger charge is 2.52. The van der Waals surface area contributed by atoms with E-state index < -0.39 is 6.92 Å². The van der Waals surface area contributed by atoms with Crippen molar-refractivity contribution >= 4 is 246 Å². The number of benzene rings is 20. The van der Waals surface area contributed by atoms with Gasteiger partial charge in [0.1, 0.15) is 80.5 Å². The Morgan fingerprint density at radius 2 is 0.425 bits per heavy atom. The van der Waals surface area contributed by atoms with Crippen LogP contribution in [0.3, 0.4) is 0 Å². The lowest BCUT2D eigenvalue weighted by atomic mass is 9.49. The molecule has 0 amide bonds. The molecule has 20 aromatic rings. The molecule has 13 nitrogen and oxygen atoms in total. The molecule has 0 saturated heterocycles. The summed E-state index contributed by atoms with van der Waals surface area (Å²) in [4.78, 5) is 17.8. The van der Waals surface area contributed by atoms with Crippen molar-refractivity contribution in [2.24, 2.45) is 0 Å². The zero-order valence-corrected chi connectivity index (χ0v) is 82.6. The lowest BCUT2D eigenvalue weighted by molar-refractivity contribution is 0.460. The Hall–Kier alpha value is -16.1. The fourth-order valence-electron chi connectivity index (χ4n) is 23.2. The van der Waals surface area contributed by atoms with Crippen LogP contribution in [0.2, 0.25) is 0 Å². The molecule has 0 unspecified atom stereocenters. The smallest absolute Gasteiger partial charge is 0.434 e. The minimum atomic E-state index is -0.394. The molecule has 146 heavy (non-hydrogen) atoms. The first kappa shape index (κ1) is 85.5. The Morgan fingerprint density at radius 1 is 0.178 bits per heavy atom. The van der Waals surface area contributed by atoms with Crippen molar-refractivity contribution in [1.29, 1.82) is 0 Å². The molecular formula is C122H77B6N5O8S5. The van der Waals surface area contributed by atoms with Crippen LogP contribution in [0.1, 0.15) is 11.1 Å². The van der Waals surface area contributed by atoms with E-state index in [0.29, 0.717) is 11.5 Å². The van der Waals surface area contributed by atoms with E-state index in [1.165, 1.54) is 72.0 Å². The summed E-state index contributed by atoms with van der Waals surface area (Å²) in [5.74, 6) is 12.8. The van der Waals surface area contributed by atoms with E-state index in [0.717, 1.165) is 189 Å². The van der Waals surface area contributed by atoms with Crippen LogP contribution in [-0.4, -0.2) is 36.9 Å². The Balaban J connectivity index is 0.000000102. The van der Waals surface area contributed by atoms with Crippen LogP contribution in [0.15, 0.2) is 455 Å². The molecule has 0 atom stereocenters. The van der Waals surface area contributed by atoms with Gasteiger partial charge in [-0.05, 0) is 265 Å². The first-order valence-electron chi connectivity index (χ1n) is 49.1. The molecule has 0 aromatic heterocycles. The maximum atomic E-state index is 6.95. The minimum absolute atomic E-state index is 0.0138.